The van der Waals surface area contributed by atoms with Crippen molar-refractivity contribution in [2.45, 2.75) is 116 Å². The van der Waals surface area contributed by atoms with E-state index in [0.29, 0.717) is 41.4 Å². The number of rotatable bonds is 0. The Morgan fingerprint density at radius 2 is 1.69 bits per heavy atom. The molecule has 0 radical (unpaired) electrons. The van der Waals surface area contributed by atoms with Crippen LogP contribution < -0.4 is 0 Å². The molecule has 0 aromatic carbocycles. The lowest BCUT2D eigenvalue weighted by Gasteiger charge is -2.65. The van der Waals surface area contributed by atoms with Gasteiger partial charge < -0.3 is 19.7 Å². The summed E-state index contributed by atoms with van der Waals surface area (Å²) < 4.78 is 13.3. The zero-order chi connectivity index (χ0) is 22.7. The van der Waals surface area contributed by atoms with Crippen molar-refractivity contribution < 1.29 is 19.7 Å². The smallest absolute Gasteiger partial charge is 0.171 e. The van der Waals surface area contributed by atoms with Gasteiger partial charge in [0.25, 0.3) is 0 Å². The summed E-state index contributed by atoms with van der Waals surface area (Å²) in [6.45, 7) is 12.6. The molecule has 2 saturated heterocycles. The molecule has 0 bridgehead atoms. The molecule has 0 unspecified atom stereocenters. The molecule has 6 aliphatic rings. The Morgan fingerprint density at radius 3 is 2.41 bits per heavy atom. The largest absolute Gasteiger partial charge is 0.393 e. The number of hydrogen-bond donors (Lipinski definition) is 2. The van der Waals surface area contributed by atoms with E-state index in [2.05, 4.69) is 34.6 Å². The molecule has 6 fully saturated rings. The van der Waals surface area contributed by atoms with Crippen molar-refractivity contribution in [2.75, 3.05) is 6.61 Å². The highest BCUT2D eigenvalue weighted by atomic mass is 16.7. The fourth-order valence-electron chi connectivity index (χ4n) is 11.0. The highest BCUT2D eigenvalue weighted by Gasteiger charge is 2.72. The zero-order valence-electron chi connectivity index (χ0n) is 21.0. The van der Waals surface area contributed by atoms with E-state index >= 15 is 0 Å². The number of fused-ring (bicyclic) bond motifs is 7. The van der Waals surface area contributed by atoms with E-state index in [1.165, 1.54) is 19.3 Å². The van der Waals surface area contributed by atoms with Gasteiger partial charge in [-0.15, -0.1) is 0 Å². The van der Waals surface area contributed by atoms with Crippen molar-refractivity contribution in [3.63, 3.8) is 0 Å². The highest BCUT2D eigenvalue weighted by Crippen LogP contribution is 2.73. The molecule has 32 heavy (non-hydrogen) atoms. The maximum atomic E-state index is 12.2. The van der Waals surface area contributed by atoms with Gasteiger partial charge in [0.05, 0.1) is 24.4 Å². The van der Waals surface area contributed by atoms with Gasteiger partial charge in [0.15, 0.2) is 5.79 Å². The molecular formula is C28H46O4. The van der Waals surface area contributed by atoms with E-state index in [1.807, 2.05) is 0 Å². The van der Waals surface area contributed by atoms with Gasteiger partial charge in [0.2, 0.25) is 0 Å². The molecule has 0 aromatic rings. The van der Waals surface area contributed by atoms with E-state index < -0.39 is 5.60 Å². The van der Waals surface area contributed by atoms with E-state index in [4.69, 9.17) is 9.47 Å². The third-order valence-electron chi connectivity index (χ3n) is 12.1. The molecule has 4 aliphatic carbocycles. The van der Waals surface area contributed by atoms with Crippen molar-refractivity contribution in [1.82, 2.24) is 0 Å². The van der Waals surface area contributed by atoms with Crippen LogP contribution in [0.25, 0.3) is 0 Å². The predicted molar refractivity (Wildman–Crippen MR) is 124 cm³/mol. The molecule has 2 heterocycles. The lowest BCUT2D eigenvalue weighted by Crippen LogP contribution is -2.64. The Hall–Kier alpha value is -0.160. The summed E-state index contributed by atoms with van der Waals surface area (Å²) in [5, 5.41) is 22.5. The van der Waals surface area contributed by atoms with Crippen molar-refractivity contribution in [2.24, 2.45) is 52.3 Å². The van der Waals surface area contributed by atoms with Gasteiger partial charge in [-0.05, 0) is 105 Å². The first-order valence-corrected chi connectivity index (χ1v) is 13.7. The summed E-state index contributed by atoms with van der Waals surface area (Å²) in [5.41, 5.74) is -0.388. The van der Waals surface area contributed by atoms with Crippen molar-refractivity contribution in [1.29, 1.82) is 0 Å². The van der Waals surface area contributed by atoms with Crippen LogP contribution >= 0.6 is 0 Å². The topological polar surface area (TPSA) is 58.9 Å². The maximum Gasteiger partial charge on any atom is 0.171 e. The average Bonchev–Trinajstić information content (AvgIpc) is 3.14. The fraction of sp³-hybridized carbons (Fsp3) is 1.00. The second kappa shape index (κ2) is 6.95. The standard InChI is InChI=1S/C28H46O4/c1-16-8-11-28(31-14-16)17(2)23-22(32-28)13-21-20-7-6-18-12-19(29)9-10-25(18,3)24(20)27(5,30)15-26(21,23)4/h16-24,29-30H,6-15H2,1-5H3/t16-,17-,18-,19+,20+,21-,22-,23-,24-,25+,26+,27+,28-/m1/s1. The quantitative estimate of drug-likeness (QED) is 0.540. The van der Waals surface area contributed by atoms with Crippen LogP contribution in [0.2, 0.25) is 0 Å². The van der Waals surface area contributed by atoms with Gasteiger partial charge in [-0.1, -0.05) is 27.7 Å². The van der Waals surface area contributed by atoms with E-state index in [9.17, 15) is 10.2 Å². The van der Waals surface area contributed by atoms with Crippen LogP contribution in [0.1, 0.15) is 92.4 Å². The summed E-state index contributed by atoms with van der Waals surface area (Å²) in [5.74, 6) is 3.21. The summed E-state index contributed by atoms with van der Waals surface area (Å²) in [6.07, 6.45) is 9.71. The minimum Gasteiger partial charge on any atom is -0.393 e. The lowest BCUT2D eigenvalue weighted by atomic mass is 9.41. The highest BCUT2D eigenvalue weighted by molar-refractivity contribution is 5.19. The molecule has 13 atom stereocenters. The first-order valence-electron chi connectivity index (χ1n) is 13.7. The predicted octanol–water partition coefficient (Wildman–Crippen LogP) is 5.15. The molecule has 4 saturated carbocycles. The van der Waals surface area contributed by atoms with Crippen LogP contribution in [-0.4, -0.2) is 40.4 Å². The van der Waals surface area contributed by atoms with Gasteiger partial charge in [-0.3, -0.25) is 0 Å². The first kappa shape index (κ1) is 22.3. The fourth-order valence-corrected chi connectivity index (χ4v) is 11.0. The third kappa shape index (κ3) is 2.82. The van der Waals surface area contributed by atoms with Gasteiger partial charge in [0.1, 0.15) is 0 Å². The molecule has 0 aromatic heterocycles. The SMILES string of the molecule is C[C@@H]1CC[C@@]2(OC1)O[C@@H]1C[C@@H]3[C@@H]4CC[C@@H]5C[C@@H](O)CC[C@]5(C)[C@@H]4[C@@](C)(O)C[C@]3(C)[C@@H]1[C@H]2C. The van der Waals surface area contributed by atoms with Crippen LogP contribution in [0.3, 0.4) is 0 Å². The second-order valence-electron chi connectivity index (χ2n) is 14.0. The molecule has 4 nitrogen and oxygen atoms in total. The van der Waals surface area contributed by atoms with E-state index in [1.54, 1.807) is 0 Å². The second-order valence-corrected chi connectivity index (χ2v) is 14.0. The first-order chi connectivity index (χ1) is 15.0. The van der Waals surface area contributed by atoms with Crippen molar-refractivity contribution in [3.8, 4) is 0 Å². The van der Waals surface area contributed by atoms with Crippen LogP contribution in [0.5, 0.6) is 0 Å². The molecule has 0 amide bonds. The molecule has 4 heteroatoms. The Morgan fingerprint density at radius 1 is 0.906 bits per heavy atom. The number of hydrogen-bond acceptors (Lipinski definition) is 4. The molecular weight excluding hydrogens is 400 g/mol. The normalized spacial score (nSPS) is 64.0. The Balaban J connectivity index is 1.33. The van der Waals surface area contributed by atoms with Gasteiger partial charge in [0, 0.05) is 12.3 Å². The van der Waals surface area contributed by atoms with E-state index in [-0.39, 0.29) is 28.8 Å². The van der Waals surface area contributed by atoms with Crippen molar-refractivity contribution >= 4 is 0 Å². The molecule has 182 valence electrons. The van der Waals surface area contributed by atoms with Gasteiger partial charge >= 0.3 is 0 Å². The molecule has 1 spiro atoms. The Bertz CT molecular complexity index is 757. The number of ether oxygens (including phenoxy) is 2. The zero-order valence-corrected chi connectivity index (χ0v) is 21.0. The van der Waals surface area contributed by atoms with E-state index in [0.717, 1.165) is 45.1 Å². The molecule has 6 rings (SSSR count). The Kier molecular flexibility index (Phi) is 4.85. The van der Waals surface area contributed by atoms with Crippen LogP contribution in [0, 0.1) is 52.3 Å². The van der Waals surface area contributed by atoms with Gasteiger partial charge in [-0.25, -0.2) is 0 Å². The maximum absolute atomic E-state index is 12.2. The van der Waals surface area contributed by atoms with Gasteiger partial charge in [-0.2, -0.15) is 0 Å². The number of aliphatic hydroxyl groups is 2. The number of aliphatic hydroxyl groups excluding tert-OH is 1. The summed E-state index contributed by atoms with van der Waals surface area (Å²) in [6, 6.07) is 0. The summed E-state index contributed by atoms with van der Waals surface area (Å²) in [4.78, 5) is 0. The van der Waals surface area contributed by atoms with Crippen LogP contribution in [0.15, 0.2) is 0 Å². The average molecular weight is 447 g/mol. The van der Waals surface area contributed by atoms with Crippen LogP contribution in [-0.2, 0) is 9.47 Å². The minimum atomic E-state index is -0.655. The lowest BCUT2D eigenvalue weighted by molar-refractivity contribution is -0.276. The third-order valence-corrected chi connectivity index (χ3v) is 12.1. The van der Waals surface area contributed by atoms with Crippen LogP contribution in [0.4, 0.5) is 0 Å². The van der Waals surface area contributed by atoms with Crippen molar-refractivity contribution in [3.05, 3.63) is 0 Å². The summed E-state index contributed by atoms with van der Waals surface area (Å²) >= 11 is 0. The molecule has 2 N–H and O–H groups in total. The Labute approximate surface area is 194 Å². The minimum absolute atomic E-state index is 0.113. The summed E-state index contributed by atoms with van der Waals surface area (Å²) in [7, 11) is 0. The molecule has 2 aliphatic heterocycles. The monoisotopic (exact) mass is 446 g/mol.